The molecule has 0 bridgehead atoms. The predicted octanol–water partition coefficient (Wildman–Crippen LogP) is 2.97. The summed E-state index contributed by atoms with van der Waals surface area (Å²) in [6.07, 6.45) is 1.90. The van der Waals surface area contributed by atoms with Crippen LogP contribution in [0.4, 0.5) is 4.39 Å². The number of hydrogen-bond acceptors (Lipinski definition) is 7. The highest BCUT2D eigenvalue weighted by Crippen LogP contribution is 2.17. The molecule has 0 atom stereocenters. The lowest BCUT2D eigenvalue weighted by molar-refractivity contribution is 0.196. The SMILES string of the molecule is COc1ccc(Cc2cccnc2-n2oc(=O)ccc(=O)on(Cc3ccc(F)cc3)c2=N)cc1. The van der Waals surface area contributed by atoms with Gasteiger partial charge in [-0.1, -0.05) is 30.3 Å². The van der Waals surface area contributed by atoms with Crippen molar-refractivity contribution in [3.8, 4) is 11.6 Å². The number of pyridine rings is 1. The molecule has 0 unspecified atom stereocenters. The minimum absolute atomic E-state index is 0.104. The van der Waals surface area contributed by atoms with E-state index < -0.39 is 22.7 Å². The lowest BCUT2D eigenvalue weighted by Gasteiger charge is -2.11. The van der Waals surface area contributed by atoms with E-state index in [-0.39, 0.29) is 12.4 Å². The van der Waals surface area contributed by atoms with Gasteiger partial charge >= 0.3 is 11.3 Å². The van der Waals surface area contributed by atoms with Gasteiger partial charge in [-0.2, -0.15) is 4.74 Å². The average Bonchev–Trinajstić information content (AvgIpc) is 2.91. The first-order chi connectivity index (χ1) is 16.9. The third kappa shape index (κ3) is 5.80. The maximum absolute atomic E-state index is 13.3. The molecule has 0 fully saturated rings. The van der Waals surface area contributed by atoms with Gasteiger partial charge in [0.05, 0.1) is 13.7 Å². The Kier molecular flexibility index (Phi) is 7.01. The lowest BCUT2D eigenvalue weighted by Crippen LogP contribution is -2.31. The van der Waals surface area contributed by atoms with Crippen molar-refractivity contribution in [2.24, 2.45) is 0 Å². The van der Waals surface area contributed by atoms with E-state index in [1.807, 2.05) is 24.3 Å². The highest BCUT2D eigenvalue weighted by atomic mass is 19.1. The molecule has 0 saturated carbocycles. The molecule has 4 aromatic rings. The fourth-order valence-electron chi connectivity index (χ4n) is 3.30. The maximum Gasteiger partial charge on any atom is 0.356 e. The van der Waals surface area contributed by atoms with E-state index in [4.69, 9.17) is 19.2 Å². The van der Waals surface area contributed by atoms with E-state index in [2.05, 4.69) is 4.98 Å². The van der Waals surface area contributed by atoms with E-state index in [1.165, 1.54) is 30.5 Å². The Morgan fingerprint density at radius 1 is 0.914 bits per heavy atom. The minimum Gasteiger partial charge on any atom is -0.497 e. The number of hydrogen-bond donors (Lipinski definition) is 1. The molecule has 4 rings (SSSR count). The van der Waals surface area contributed by atoms with Crippen LogP contribution in [-0.4, -0.2) is 21.6 Å². The number of benzene rings is 2. The van der Waals surface area contributed by atoms with Gasteiger partial charge in [-0.15, -0.1) is 4.74 Å². The predicted molar refractivity (Wildman–Crippen MR) is 123 cm³/mol. The molecule has 2 aromatic heterocycles. The molecule has 0 aliphatic heterocycles. The van der Waals surface area contributed by atoms with Crippen molar-refractivity contribution in [1.29, 1.82) is 5.41 Å². The van der Waals surface area contributed by atoms with Crippen LogP contribution in [0.25, 0.3) is 5.82 Å². The van der Waals surface area contributed by atoms with Gasteiger partial charge in [0.15, 0.2) is 5.82 Å². The van der Waals surface area contributed by atoms with Crippen molar-refractivity contribution in [1.82, 2.24) is 14.5 Å². The Hall–Kier alpha value is -4.73. The number of nitrogens with one attached hydrogen (secondary N) is 1. The van der Waals surface area contributed by atoms with E-state index in [0.717, 1.165) is 27.2 Å². The van der Waals surface area contributed by atoms with Gasteiger partial charge in [-0.25, -0.2) is 19.0 Å². The molecular weight excluding hydrogens is 455 g/mol. The highest BCUT2D eigenvalue weighted by molar-refractivity contribution is 5.38. The quantitative estimate of drug-likeness (QED) is 0.457. The molecule has 0 spiro atoms. The molecule has 0 radical (unpaired) electrons. The van der Waals surface area contributed by atoms with E-state index in [1.54, 1.807) is 19.2 Å². The molecule has 0 amide bonds. The van der Waals surface area contributed by atoms with Gasteiger partial charge in [0.25, 0.3) is 5.62 Å². The molecule has 10 heteroatoms. The largest absolute Gasteiger partial charge is 0.497 e. The second kappa shape index (κ2) is 10.5. The van der Waals surface area contributed by atoms with Crippen LogP contribution in [0.3, 0.4) is 0 Å². The number of ether oxygens (including phenoxy) is 1. The standard InChI is InChI=1S/C25H21FN4O5/c1-33-21-10-6-17(7-11-21)15-19-3-2-14-28-24(19)30-25(27)29(16-18-4-8-20(26)9-5-18)34-22(31)12-13-23(32)35-30/h2-14,27H,15-16H2,1H3. The number of halogens is 1. The third-order valence-corrected chi connectivity index (χ3v) is 5.02. The van der Waals surface area contributed by atoms with Crippen LogP contribution in [0, 0.1) is 11.2 Å². The molecule has 35 heavy (non-hydrogen) atoms. The van der Waals surface area contributed by atoms with Gasteiger partial charge in [-0.3, -0.25) is 5.41 Å². The summed E-state index contributed by atoms with van der Waals surface area (Å²) in [4.78, 5) is 28.9. The summed E-state index contributed by atoms with van der Waals surface area (Å²) in [6, 6.07) is 18.2. The molecule has 0 aliphatic rings. The van der Waals surface area contributed by atoms with Crippen LogP contribution < -0.4 is 21.6 Å². The van der Waals surface area contributed by atoms with Crippen LogP contribution in [0.5, 0.6) is 5.75 Å². The van der Waals surface area contributed by atoms with Crippen molar-refractivity contribution in [3.05, 3.63) is 128 Å². The first-order valence-corrected chi connectivity index (χ1v) is 10.5. The van der Waals surface area contributed by atoms with Crippen molar-refractivity contribution in [3.63, 3.8) is 0 Å². The molecule has 178 valence electrons. The number of rotatable bonds is 6. The Morgan fingerprint density at radius 3 is 2.26 bits per heavy atom. The smallest absolute Gasteiger partial charge is 0.356 e. The zero-order valence-corrected chi connectivity index (χ0v) is 18.7. The minimum atomic E-state index is -0.892. The maximum atomic E-state index is 13.3. The lowest BCUT2D eigenvalue weighted by atomic mass is 10.1. The van der Waals surface area contributed by atoms with Crippen molar-refractivity contribution in [2.45, 2.75) is 13.0 Å². The first kappa shape index (κ1) is 23.4. The zero-order valence-electron chi connectivity index (χ0n) is 18.7. The summed E-state index contributed by atoms with van der Waals surface area (Å²) in [5.41, 5.74) is -0.123. The van der Waals surface area contributed by atoms with Crippen molar-refractivity contribution >= 4 is 0 Å². The van der Waals surface area contributed by atoms with E-state index in [0.29, 0.717) is 23.3 Å². The monoisotopic (exact) mass is 476 g/mol. The molecule has 9 nitrogen and oxygen atoms in total. The number of methoxy groups -OCH3 is 1. The van der Waals surface area contributed by atoms with Crippen molar-refractivity contribution in [2.75, 3.05) is 7.11 Å². The molecule has 2 heterocycles. The molecule has 1 N–H and O–H groups in total. The Morgan fingerprint density at radius 2 is 1.57 bits per heavy atom. The summed E-state index contributed by atoms with van der Waals surface area (Å²) >= 11 is 0. The topological polar surface area (TPSA) is 116 Å². The van der Waals surface area contributed by atoms with Gasteiger partial charge < -0.3 is 13.8 Å². The van der Waals surface area contributed by atoms with Crippen molar-refractivity contribution < 1.29 is 18.2 Å². The van der Waals surface area contributed by atoms with Crippen LogP contribution in [0.1, 0.15) is 16.7 Å². The first-order valence-electron chi connectivity index (χ1n) is 10.5. The summed E-state index contributed by atoms with van der Waals surface area (Å²) in [5, 5.41) is 8.72. The third-order valence-electron chi connectivity index (χ3n) is 5.02. The van der Waals surface area contributed by atoms with E-state index >= 15 is 0 Å². The van der Waals surface area contributed by atoms with Gasteiger partial charge in [0.2, 0.25) is 0 Å². The summed E-state index contributed by atoms with van der Waals surface area (Å²) in [5.74, 6) is 0.443. The van der Waals surface area contributed by atoms with Gasteiger partial charge in [0, 0.05) is 30.3 Å². The molecular formula is C25H21FN4O5. The summed E-state index contributed by atoms with van der Waals surface area (Å²) < 4.78 is 31.0. The molecule has 2 aromatic carbocycles. The van der Waals surface area contributed by atoms with Gasteiger partial charge in [-0.05, 0) is 41.5 Å². The highest BCUT2D eigenvalue weighted by Gasteiger charge is 2.12. The second-order valence-corrected chi connectivity index (χ2v) is 7.45. The summed E-state index contributed by atoms with van der Waals surface area (Å²) in [6.45, 7) is -0.104. The fraction of sp³-hybridized carbons (Fsp3) is 0.120. The van der Waals surface area contributed by atoms with Crippen LogP contribution in [0.15, 0.2) is 97.6 Å². The second-order valence-electron chi connectivity index (χ2n) is 7.45. The van der Waals surface area contributed by atoms with Crippen LogP contribution in [0.2, 0.25) is 0 Å². The molecule has 0 saturated heterocycles. The Bertz CT molecular complexity index is 1550. The number of nitrogens with zero attached hydrogens (tertiary/aromatic N) is 3. The Labute approximate surface area is 198 Å². The average molecular weight is 476 g/mol. The normalized spacial score (nSPS) is 10.6. The van der Waals surface area contributed by atoms with Crippen LogP contribution >= 0.6 is 0 Å². The number of aromatic nitrogens is 3. The molecule has 0 aliphatic carbocycles. The van der Waals surface area contributed by atoms with Gasteiger partial charge in [0.1, 0.15) is 11.6 Å². The zero-order chi connectivity index (χ0) is 24.8. The van der Waals surface area contributed by atoms with Crippen LogP contribution in [-0.2, 0) is 13.0 Å². The Balaban J connectivity index is 1.88. The fourth-order valence-corrected chi connectivity index (χ4v) is 3.30. The van der Waals surface area contributed by atoms with E-state index in [9.17, 15) is 14.0 Å². The summed E-state index contributed by atoms with van der Waals surface area (Å²) in [7, 11) is 1.58.